The first-order chi connectivity index (χ1) is 9.63. The number of amides is 1. The van der Waals surface area contributed by atoms with E-state index >= 15 is 0 Å². The van der Waals surface area contributed by atoms with Crippen molar-refractivity contribution in [3.8, 4) is 11.5 Å². The van der Waals surface area contributed by atoms with Gasteiger partial charge in [-0.3, -0.25) is 4.79 Å². The van der Waals surface area contributed by atoms with Crippen molar-refractivity contribution in [1.29, 1.82) is 0 Å². The Labute approximate surface area is 119 Å². The predicted octanol–water partition coefficient (Wildman–Crippen LogP) is 2.13. The van der Waals surface area contributed by atoms with Gasteiger partial charge in [-0.1, -0.05) is 0 Å². The third kappa shape index (κ3) is 3.35. The molecule has 1 aromatic rings. The number of benzene rings is 1. The highest BCUT2D eigenvalue weighted by Gasteiger charge is 2.23. The van der Waals surface area contributed by atoms with E-state index in [0.717, 1.165) is 31.6 Å². The zero-order valence-electron chi connectivity index (χ0n) is 12.3. The molecule has 1 N–H and O–H groups in total. The summed E-state index contributed by atoms with van der Waals surface area (Å²) in [5, 5.41) is 3.22. The van der Waals surface area contributed by atoms with E-state index in [4.69, 9.17) is 9.47 Å². The molecule has 1 amide bonds. The number of carbonyl (C=O) groups is 1. The Morgan fingerprint density at radius 2 is 1.70 bits per heavy atom. The van der Waals surface area contributed by atoms with Gasteiger partial charge in [0, 0.05) is 37.0 Å². The number of methoxy groups -OCH3 is 2. The van der Waals surface area contributed by atoms with Crippen molar-refractivity contribution in [2.24, 2.45) is 0 Å². The van der Waals surface area contributed by atoms with Gasteiger partial charge >= 0.3 is 0 Å². The molecule has 20 heavy (non-hydrogen) atoms. The molecule has 1 fully saturated rings. The molecule has 0 saturated carbocycles. The number of anilines is 1. The van der Waals surface area contributed by atoms with Crippen LogP contribution in [0.3, 0.4) is 0 Å². The molecule has 0 bridgehead atoms. The predicted molar refractivity (Wildman–Crippen MR) is 78.4 cm³/mol. The van der Waals surface area contributed by atoms with Crippen LogP contribution in [0.5, 0.6) is 11.5 Å². The first kappa shape index (κ1) is 14.5. The fraction of sp³-hybridized carbons (Fsp3) is 0.533. The standard InChI is InChI=1S/C15H22N2O3/c1-11(15(18)17-6-4-5-7-17)16-12-8-13(19-2)10-14(9-12)20-3/h8-11,16H,4-7H2,1-3H3. The highest BCUT2D eigenvalue weighted by molar-refractivity contribution is 5.84. The lowest BCUT2D eigenvalue weighted by atomic mass is 10.2. The quantitative estimate of drug-likeness (QED) is 0.896. The lowest BCUT2D eigenvalue weighted by Crippen LogP contribution is -2.39. The maximum atomic E-state index is 12.3. The van der Waals surface area contributed by atoms with Crippen LogP contribution in [0.15, 0.2) is 18.2 Å². The molecule has 0 aromatic heterocycles. The number of rotatable bonds is 5. The van der Waals surface area contributed by atoms with Crippen molar-refractivity contribution in [1.82, 2.24) is 4.90 Å². The SMILES string of the molecule is COc1cc(NC(C)C(=O)N2CCCC2)cc(OC)c1. The highest BCUT2D eigenvalue weighted by atomic mass is 16.5. The van der Waals surface area contributed by atoms with Crippen molar-refractivity contribution in [2.45, 2.75) is 25.8 Å². The number of likely N-dealkylation sites (tertiary alicyclic amines) is 1. The van der Waals surface area contributed by atoms with Crippen molar-refractivity contribution in [2.75, 3.05) is 32.6 Å². The molecule has 1 saturated heterocycles. The van der Waals surface area contributed by atoms with Crippen molar-refractivity contribution >= 4 is 11.6 Å². The van der Waals surface area contributed by atoms with Crippen molar-refractivity contribution in [3.63, 3.8) is 0 Å². The fourth-order valence-corrected chi connectivity index (χ4v) is 2.41. The third-order valence-corrected chi connectivity index (χ3v) is 3.52. The first-order valence-electron chi connectivity index (χ1n) is 6.92. The van der Waals surface area contributed by atoms with Crippen molar-refractivity contribution < 1.29 is 14.3 Å². The molecule has 1 unspecified atom stereocenters. The summed E-state index contributed by atoms with van der Waals surface area (Å²) in [5.74, 6) is 1.55. The van der Waals surface area contributed by atoms with Gasteiger partial charge in [-0.25, -0.2) is 0 Å². The van der Waals surface area contributed by atoms with E-state index < -0.39 is 0 Å². The molecule has 1 atom stereocenters. The minimum Gasteiger partial charge on any atom is -0.497 e. The van der Waals surface area contributed by atoms with Gasteiger partial charge in [-0.15, -0.1) is 0 Å². The molecule has 1 aliphatic heterocycles. The van der Waals surface area contributed by atoms with Crippen LogP contribution in [0.1, 0.15) is 19.8 Å². The summed E-state index contributed by atoms with van der Waals surface area (Å²) in [6.07, 6.45) is 2.21. The minimum atomic E-state index is -0.259. The highest BCUT2D eigenvalue weighted by Crippen LogP contribution is 2.26. The second-order valence-corrected chi connectivity index (χ2v) is 5.00. The number of carbonyl (C=O) groups excluding carboxylic acids is 1. The first-order valence-corrected chi connectivity index (χ1v) is 6.92. The lowest BCUT2D eigenvalue weighted by Gasteiger charge is -2.22. The minimum absolute atomic E-state index is 0.143. The van der Waals surface area contributed by atoms with Gasteiger partial charge in [-0.2, -0.15) is 0 Å². The number of nitrogens with one attached hydrogen (secondary N) is 1. The molecule has 5 nitrogen and oxygen atoms in total. The zero-order valence-corrected chi connectivity index (χ0v) is 12.3. The summed E-state index contributed by atoms with van der Waals surface area (Å²) in [5.41, 5.74) is 0.821. The molecule has 1 aromatic carbocycles. The largest absolute Gasteiger partial charge is 0.497 e. The Bertz CT molecular complexity index is 448. The second kappa shape index (κ2) is 6.50. The Kier molecular flexibility index (Phi) is 4.71. The molecule has 1 aliphatic rings. The molecule has 0 aliphatic carbocycles. The monoisotopic (exact) mass is 278 g/mol. The Balaban J connectivity index is 2.06. The number of nitrogens with zero attached hydrogens (tertiary/aromatic N) is 1. The molecule has 0 spiro atoms. The zero-order chi connectivity index (χ0) is 14.5. The third-order valence-electron chi connectivity index (χ3n) is 3.52. The van der Waals surface area contributed by atoms with E-state index in [1.54, 1.807) is 20.3 Å². The van der Waals surface area contributed by atoms with E-state index in [1.165, 1.54) is 0 Å². The molecule has 1 heterocycles. The van der Waals surface area contributed by atoms with Crippen LogP contribution >= 0.6 is 0 Å². The number of hydrogen-bond acceptors (Lipinski definition) is 4. The van der Waals surface area contributed by atoms with Crippen LogP contribution in [-0.4, -0.2) is 44.2 Å². The number of ether oxygens (including phenoxy) is 2. The van der Waals surface area contributed by atoms with Gasteiger partial charge in [0.05, 0.1) is 14.2 Å². The molecule has 110 valence electrons. The summed E-state index contributed by atoms with van der Waals surface area (Å²) in [4.78, 5) is 14.2. The number of hydrogen-bond donors (Lipinski definition) is 1. The maximum Gasteiger partial charge on any atom is 0.244 e. The van der Waals surface area contributed by atoms with E-state index in [9.17, 15) is 4.79 Å². The normalized spacial score (nSPS) is 15.8. The summed E-state index contributed by atoms with van der Waals surface area (Å²) in [7, 11) is 3.22. The molecular weight excluding hydrogens is 256 g/mol. The van der Waals surface area contributed by atoms with Gasteiger partial charge < -0.3 is 19.7 Å². The lowest BCUT2D eigenvalue weighted by molar-refractivity contribution is -0.130. The van der Waals surface area contributed by atoms with Crippen molar-refractivity contribution in [3.05, 3.63) is 18.2 Å². The van der Waals surface area contributed by atoms with Crippen LogP contribution in [0.25, 0.3) is 0 Å². The van der Waals surface area contributed by atoms with E-state index in [1.807, 2.05) is 24.0 Å². The van der Waals surface area contributed by atoms with Gasteiger partial charge in [0.15, 0.2) is 0 Å². The van der Waals surface area contributed by atoms with E-state index in [2.05, 4.69) is 5.32 Å². The Morgan fingerprint density at radius 3 is 2.20 bits per heavy atom. The van der Waals surface area contributed by atoms with Crippen LogP contribution in [-0.2, 0) is 4.79 Å². The molecule has 5 heteroatoms. The van der Waals surface area contributed by atoms with Gasteiger partial charge in [0.1, 0.15) is 17.5 Å². The summed E-state index contributed by atoms with van der Waals surface area (Å²) < 4.78 is 10.4. The topological polar surface area (TPSA) is 50.8 Å². The van der Waals surface area contributed by atoms with Gasteiger partial charge in [-0.05, 0) is 19.8 Å². The molecular formula is C15H22N2O3. The van der Waals surface area contributed by atoms with Crippen LogP contribution < -0.4 is 14.8 Å². The van der Waals surface area contributed by atoms with E-state index in [-0.39, 0.29) is 11.9 Å². The summed E-state index contributed by atoms with van der Waals surface area (Å²) in [6, 6.07) is 5.26. The van der Waals surface area contributed by atoms with Crippen LogP contribution in [0.2, 0.25) is 0 Å². The average molecular weight is 278 g/mol. The summed E-state index contributed by atoms with van der Waals surface area (Å²) >= 11 is 0. The van der Waals surface area contributed by atoms with Gasteiger partial charge in [0.25, 0.3) is 0 Å². The fourth-order valence-electron chi connectivity index (χ4n) is 2.41. The smallest absolute Gasteiger partial charge is 0.244 e. The Hall–Kier alpha value is -1.91. The Morgan fingerprint density at radius 1 is 1.15 bits per heavy atom. The molecule has 2 rings (SSSR count). The van der Waals surface area contributed by atoms with Crippen LogP contribution in [0, 0.1) is 0 Å². The average Bonchev–Trinajstić information content (AvgIpc) is 3.00. The maximum absolute atomic E-state index is 12.3. The summed E-state index contributed by atoms with van der Waals surface area (Å²) in [6.45, 7) is 3.62. The van der Waals surface area contributed by atoms with E-state index in [0.29, 0.717) is 11.5 Å². The molecule has 0 radical (unpaired) electrons. The second-order valence-electron chi connectivity index (χ2n) is 5.00. The van der Waals surface area contributed by atoms with Crippen LogP contribution in [0.4, 0.5) is 5.69 Å². The van der Waals surface area contributed by atoms with Gasteiger partial charge in [0.2, 0.25) is 5.91 Å².